The Balaban J connectivity index is 0.00000162. The molecule has 0 unspecified atom stereocenters. The summed E-state index contributed by atoms with van der Waals surface area (Å²) in [4.78, 5) is 2.44. The third-order valence-corrected chi connectivity index (χ3v) is 3.47. The first kappa shape index (κ1) is 15.1. The van der Waals surface area contributed by atoms with Crippen LogP contribution in [-0.4, -0.2) is 13.1 Å². The van der Waals surface area contributed by atoms with Crippen LogP contribution in [-0.2, 0) is 0 Å². The summed E-state index contributed by atoms with van der Waals surface area (Å²) in [5.41, 5.74) is 8.69. The zero-order valence-electron chi connectivity index (χ0n) is 10.8. The van der Waals surface area contributed by atoms with Crippen LogP contribution in [0.25, 0.3) is 0 Å². The minimum Gasteiger partial charge on any atom is -0.372 e. The quantitative estimate of drug-likeness (QED) is 0.824. The number of nitrogens with zero attached hydrogens (tertiary/aromatic N) is 1. The molecule has 1 aromatic rings. The van der Waals surface area contributed by atoms with Crippen LogP contribution in [0.1, 0.15) is 37.3 Å². The van der Waals surface area contributed by atoms with Crippen molar-refractivity contribution in [2.24, 2.45) is 5.73 Å². The highest BCUT2D eigenvalue weighted by Crippen LogP contribution is 2.23. The Labute approximate surface area is 116 Å². The second-order valence-electron chi connectivity index (χ2n) is 4.76. The first-order chi connectivity index (χ1) is 8.31. The molecule has 3 heteroatoms. The molecule has 0 aliphatic carbocycles. The zero-order chi connectivity index (χ0) is 12.1. The third kappa shape index (κ3) is 3.76. The number of hydrogen-bond acceptors (Lipinski definition) is 2. The van der Waals surface area contributed by atoms with E-state index in [-0.39, 0.29) is 18.4 Å². The average molecular weight is 267 g/mol. The maximum absolute atomic E-state index is 6.12. The van der Waals surface area contributed by atoms with Crippen LogP contribution < -0.4 is 10.6 Å². The van der Waals surface area contributed by atoms with Gasteiger partial charge in [0.1, 0.15) is 0 Å². The number of benzene rings is 1. The summed E-state index contributed by atoms with van der Waals surface area (Å²) in [5.74, 6) is 0. The molecule has 1 heterocycles. The van der Waals surface area contributed by atoms with Gasteiger partial charge in [-0.15, -0.1) is 19.0 Å². The van der Waals surface area contributed by atoms with Crippen molar-refractivity contribution < 1.29 is 0 Å². The van der Waals surface area contributed by atoms with Crippen molar-refractivity contribution in [2.75, 3.05) is 18.0 Å². The second-order valence-corrected chi connectivity index (χ2v) is 4.76. The summed E-state index contributed by atoms with van der Waals surface area (Å²) in [5, 5.41) is 0. The molecule has 1 aliphatic rings. The molecule has 1 atom stereocenters. The van der Waals surface area contributed by atoms with Crippen LogP contribution in [0.4, 0.5) is 5.69 Å². The number of allylic oxidation sites excluding steroid dienone is 1. The number of nitrogens with two attached hydrogens (primary N) is 1. The van der Waals surface area contributed by atoms with E-state index in [1.807, 2.05) is 6.08 Å². The lowest BCUT2D eigenvalue weighted by atomic mass is 10.0. The van der Waals surface area contributed by atoms with E-state index in [4.69, 9.17) is 5.73 Å². The van der Waals surface area contributed by atoms with E-state index in [9.17, 15) is 0 Å². The fraction of sp³-hybridized carbons (Fsp3) is 0.467. The topological polar surface area (TPSA) is 29.3 Å². The van der Waals surface area contributed by atoms with Gasteiger partial charge in [-0.05, 0) is 43.4 Å². The van der Waals surface area contributed by atoms with Crippen molar-refractivity contribution in [3.05, 3.63) is 42.5 Å². The van der Waals surface area contributed by atoms with E-state index in [2.05, 4.69) is 35.7 Å². The number of halogens is 1. The van der Waals surface area contributed by atoms with E-state index in [0.717, 1.165) is 12.8 Å². The van der Waals surface area contributed by atoms with Crippen molar-refractivity contribution in [3.63, 3.8) is 0 Å². The molecule has 1 aliphatic heterocycles. The molecule has 1 saturated heterocycles. The standard InChI is InChI=1S/C15H22N2.ClH/c1-2-3-6-15(16)13-7-9-14(10-8-13)17-11-4-5-12-17;/h2,7-10,15H,1,3-6,11-12,16H2;1H/t15-;/m0./s1. The largest absolute Gasteiger partial charge is 0.372 e. The molecule has 1 aromatic carbocycles. The Bertz CT molecular complexity index is 355. The smallest absolute Gasteiger partial charge is 0.0366 e. The van der Waals surface area contributed by atoms with Gasteiger partial charge < -0.3 is 10.6 Å². The minimum atomic E-state index is 0. The Morgan fingerprint density at radius 2 is 1.83 bits per heavy atom. The van der Waals surface area contributed by atoms with Crippen molar-refractivity contribution in [3.8, 4) is 0 Å². The van der Waals surface area contributed by atoms with Crippen molar-refractivity contribution in [2.45, 2.75) is 31.7 Å². The predicted octanol–water partition coefficient (Wildman–Crippen LogP) is 3.67. The Morgan fingerprint density at radius 1 is 1.22 bits per heavy atom. The van der Waals surface area contributed by atoms with Gasteiger partial charge in [0.25, 0.3) is 0 Å². The van der Waals surface area contributed by atoms with Crippen molar-refractivity contribution in [1.29, 1.82) is 0 Å². The van der Waals surface area contributed by atoms with Gasteiger partial charge in [-0.3, -0.25) is 0 Å². The Kier molecular flexibility index (Phi) is 6.23. The second kappa shape index (κ2) is 7.45. The van der Waals surface area contributed by atoms with Gasteiger partial charge in [0.05, 0.1) is 0 Å². The van der Waals surface area contributed by atoms with Crippen LogP contribution in [0.2, 0.25) is 0 Å². The van der Waals surface area contributed by atoms with Crippen LogP contribution in [0.5, 0.6) is 0 Å². The summed E-state index contributed by atoms with van der Waals surface area (Å²) in [6, 6.07) is 8.88. The fourth-order valence-electron chi connectivity index (χ4n) is 2.37. The molecule has 0 amide bonds. The normalized spacial score (nSPS) is 16.2. The Hall–Kier alpha value is -0.990. The molecule has 100 valence electrons. The molecule has 1 fully saturated rings. The Morgan fingerprint density at radius 3 is 2.39 bits per heavy atom. The summed E-state index contributed by atoms with van der Waals surface area (Å²) in [7, 11) is 0. The fourth-order valence-corrected chi connectivity index (χ4v) is 2.37. The molecule has 0 spiro atoms. The van der Waals surface area contributed by atoms with E-state index in [1.165, 1.54) is 37.2 Å². The maximum Gasteiger partial charge on any atom is 0.0366 e. The molecule has 0 aromatic heterocycles. The molecule has 2 nitrogen and oxygen atoms in total. The van der Waals surface area contributed by atoms with E-state index in [0.29, 0.717) is 0 Å². The predicted molar refractivity (Wildman–Crippen MR) is 81.5 cm³/mol. The molecule has 0 bridgehead atoms. The van der Waals surface area contributed by atoms with Crippen molar-refractivity contribution >= 4 is 18.1 Å². The average Bonchev–Trinajstić information content (AvgIpc) is 2.90. The highest BCUT2D eigenvalue weighted by molar-refractivity contribution is 5.85. The number of hydrogen-bond donors (Lipinski definition) is 1. The van der Waals surface area contributed by atoms with Gasteiger partial charge >= 0.3 is 0 Å². The highest BCUT2D eigenvalue weighted by atomic mass is 35.5. The van der Waals surface area contributed by atoms with Crippen LogP contribution in [0.3, 0.4) is 0 Å². The third-order valence-electron chi connectivity index (χ3n) is 3.47. The summed E-state index contributed by atoms with van der Waals surface area (Å²) < 4.78 is 0. The molecule has 2 N–H and O–H groups in total. The van der Waals surface area contributed by atoms with Crippen molar-refractivity contribution in [1.82, 2.24) is 0 Å². The molecular formula is C15H23ClN2. The number of anilines is 1. The van der Waals surface area contributed by atoms with Gasteiger partial charge in [-0.1, -0.05) is 18.2 Å². The van der Waals surface area contributed by atoms with E-state index < -0.39 is 0 Å². The van der Waals surface area contributed by atoms with Gasteiger partial charge in [0, 0.05) is 24.8 Å². The monoisotopic (exact) mass is 266 g/mol. The highest BCUT2D eigenvalue weighted by Gasteiger charge is 2.12. The van der Waals surface area contributed by atoms with Crippen LogP contribution in [0, 0.1) is 0 Å². The van der Waals surface area contributed by atoms with Crippen LogP contribution >= 0.6 is 12.4 Å². The lowest BCUT2D eigenvalue weighted by molar-refractivity contribution is 0.661. The molecule has 0 saturated carbocycles. The lowest BCUT2D eigenvalue weighted by Gasteiger charge is -2.19. The number of rotatable bonds is 5. The summed E-state index contributed by atoms with van der Waals surface area (Å²) >= 11 is 0. The van der Waals surface area contributed by atoms with Gasteiger partial charge in [-0.25, -0.2) is 0 Å². The van der Waals surface area contributed by atoms with E-state index >= 15 is 0 Å². The minimum absolute atomic E-state index is 0. The zero-order valence-corrected chi connectivity index (χ0v) is 11.7. The first-order valence-electron chi connectivity index (χ1n) is 6.52. The first-order valence-corrected chi connectivity index (χ1v) is 6.52. The SMILES string of the molecule is C=CCC[C@H](N)c1ccc(N2CCCC2)cc1.Cl. The lowest BCUT2D eigenvalue weighted by Crippen LogP contribution is -2.17. The van der Waals surface area contributed by atoms with Gasteiger partial charge in [0.2, 0.25) is 0 Å². The molecular weight excluding hydrogens is 244 g/mol. The molecule has 0 radical (unpaired) electrons. The molecule has 18 heavy (non-hydrogen) atoms. The van der Waals surface area contributed by atoms with Crippen LogP contribution in [0.15, 0.2) is 36.9 Å². The summed E-state index contributed by atoms with van der Waals surface area (Å²) in [6.07, 6.45) is 6.53. The molecule has 2 rings (SSSR count). The van der Waals surface area contributed by atoms with E-state index in [1.54, 1.807) is 0 Å². The maximum atomic E-state index is 6.12. The van der Waals surface area contributed by atoms with Gasteiger partial charge in [0.15, 0.2) is 0 Å². The van der Waals surface area contributed by atoms with Gasteiger partial charge in [-0.2, -0.15) is 0 Å². The summed E-state index contributed by atoms with van der Waals surface area (Å²) in [6.45, 7) is 6.12.